The molecule has 1 rings (SSSR count). The smallest absolute Gasteiger partial charge is 0.380 e. The zero-order valence-electron chi connectivity index (χ0n) is 7.58. The Morgan fingerprint density at radius 2 is 2.21 bits per heavy atom. The number of alkyl halides is 1. The van der Waals surface area contributed by atoms with E-state index in [0.29, 0.717) is 10.2 Å². The Bertz CT molecular complexity index is 346. The lowest BCUT2D eigenvalue weighted by molar-refractivity contribution is -0.137. The number of rotatable bonds is 4. The topological polar surface area (TPSA) is 43.4 Å². The van der Waals surface area contributed by atoms with E-state index >= 15 is 0 Å². The van der Waals surface area contributed by atoms with Crippen molar-refractivity contribution in [2.24, 2.45) is 0 Å². The van der Waals surface area contributed by atoms with Crippen LogP contribution in [0.4, 0.5) is 0 Å². The quantitative estimate of drug-likeness (QED) is 0.367. The summed E-state index contributed by atoms with van der Waals surface area (Å²) in [4.78, 5) is 23.9. The second-order valence-electron chi connectivity index (χ2n) is 2.45. The Labute approximate surface area is 94.2 Å². The molecule has 0 spiro atoms. The highest BCUT2D eigenvalue weighted by atomic mass is 79.9. The summed E-state index contributed by atoms with van der Waals surface area (Å²) < 4.78 is 4.61. The minimum Gasteiger partial charge on any atom is -0.460 e. The van der Waals surface area contributed by atoms with Crippen LogP contribution in [0.2, 0.25) is 0 Å². The Morgan fingerprint density at radius 1 is 1.50 bits per heavy atom. The number of esters is 1. The highest BCUT2D eigenvalue weighted by Crippen LogP contribution is 2.19. The average Bonchev–Trinajstić information content (AvgIpc) is 2.65. The molecule has 0 fully saturated rings. The van der Waals surface area contributed by atoms with Crippen molar-refractivity contribution in [3.8, 4) is 0 Å². The normalized spacial score (nSPS) is 9.86. The molecule has 0 aliphatic heterocycles. The molecule has 0 aliphatic carbocycles. The summed E-state index contributed by atoms with van der Waals surface area (Å²) >= 11 is 4.57. The van der Waals surface area contributed by atoms with E-state index in [0.717, 1.165) is 4.88 Å². The van der Waals surface area contributed by atoms with E-state index in [1.807, 2.05) is 6.07 Å². The molecule has 1 heterocycles. The van der Waals surface area contributed by atoms with Crippen LogP contribution < -0.4 is 0 Å². The first kappa shape index (κ1) is 11.4. The largest absolute Gasteiger partial charge is 0.460 e. The van der Waals surface area contributed by atoms with Gasteiger partial charge in [0.1, 0.15) is 0 Å². The van der Waals surface area contributed by atoms with E-state index in [2.05, 4.69) is 20.7 Å². The molecule has 1 aromatic heterocycles. The minimum absolute atomic E-state index is 0.223. The van der Waals surface area contributed by atoms with Crippen LogP contribution in [0, 0.1) is 0 Å². The number of halogens is 1. The standard InChI is InChI=1S/C9H9BrO3S/c1-2-13-9(12)8(11)7-4-3-6(5-10)14-7/h3-4H,2,5H2,1H3. The summed E-state index contributed by atoms with van der Waals surface area (Å²) in [5.74, 6) is -1.35. The average molecular weight is 277 g/mol. The van der Waals surface area contributed by atoms with Gasteiger partial charge < -0.3 is 4.74 Å². The van der Waals surface area contributed by atoms with Gasteiger partial charge in [-0.15, -0.1) is 11.3 Å². The lowest BCUT2D eigenvalue weighted by Crippen LogP contribution is -2.16. The molecule has 0 bridgehead atoms. The van der Waals surface area contributed by atoms with E-state index < -0.39 is 11.8 Å². The van der Waals surface area contributed by atoms with Gasteiger partial charge in [0.05, 0.1) is 11.5 Å². The number of ether oxygens (including phenoxy) is 1. The monoisotopic (exact) mass is 276 g/mol. The Morgan fingerprint density at radius 3 is 2.71 bits per heavy atom. The Hall–Kier alpha value is -0.680. The summed E-state index contributed by atoms with van der Waals surface area (Å²) in [7, 11) is 0. The summed E-state index contributed by atoms with van der Waals surface area (Å²) in [5.41, 5.74) is 0. The number of carbonyl (C=O) groups is 2. The van der Waals surface area contributed by atoms with Gasteiger partial charge in [-0.3, -0.25) is 4.79 Å². The van der Waals surface area contributed by atoms with Gasteiger partial charge in [0, 0.05) is 10.2 Å². The molecule has 0 amide bonds. The van der Waals surface area contributed by atoms with Gasteiger partial charge in [-0.05, 0) is 19.1 Å². The van der Waals surface area contributed by atoms with Crippen LogP contribution >= 0.6 is 27.3 Å². The van der Waals surface area contributed by atoms with E-state index in [-0.39, 0.29) is 6.61 Å². The van der Waals surface area contributed by atoms with Crippen LogP contribution in [0.15, 0.2) is 12.1 Å². The van der Waals surface area contributed by atoms with E-state index in [4.69, 9.17) is 0 Å². The van der Waals surface area contributed by atoms with Crippen molar-refractivity contribution in [2.75, 3.05) is 6.61 Å². The van der Waals surface area contributed by atoms with Crippen molar-refractivity contribution in [1.29, 1.82) is 0 Å². The Balaban J connectivity index is 2.74. The van der Waals surface area contributed by atoms with Gasteiger partial charge >= 0.3 is 5.97 Å². The van der Waals surface area contributed by atoms with Crippen molar-refractivity contribution in [1.82, 2.24) is 0 Å². The van der Waals surface area contributed by atoms with Gasteiger partial charge in [-0.2, -0.15) is 0 Å². The summed E-state index contributed by atoms with van der Waals surface area (Å²) in [6.45, 7) is 1.89. The maximum atomic E-state index is 11.4. The molecule has 3 nitrogen and oxygen atoms in total. The van der Waals surface area contributed by atoms with Crippen molar-refractivity contribution < 1.29 is 14.3 Å². The second kappa shape index (κ2) is 5.26. The van der Waals surface area contributed by atoms with Crippen LogP contribution in [0.25, 0.3) is 0 Å². The lowest BCUT2D eigenvalue weighted by Gasteiger charge is -1.97. The third-order valence-electron chi connectivity index (χ3n) is 1.48. The zero-order chi connectivity index (χ0) is 10.6. The number of hydrogen-bond acceptors (Lipinski definition) is 4. The van der Waals surface area contributed by atoms with Crippen molar-refractivity contribution in [2.45, 2.75) is 12.3 Å². The first-order valence-electron chi connectivity index (χ1n) is 4.05. The highest BCUT2D eigenvalue weighted by molar-refractivity contribution is 9.08. The molecule has 0 radical (unpaired) electrons. The fourth-order valence-corrected chi connectivity index (χ4v) is 2.18. The van der Waals surface area contributed by atoms with Gasteiger partial charge in [-0.1, -0.05) is 15.9 Å². The van der Waals surface area contributed by atoms with Crippen molar-refractivity contribution >= 4 is 39.0 Å². The van der Waals surface area contributed by atoms with Crippen LogP contribution in [0.5, 0.6) is 0 Å². The molecule has 14 heavy (non-hydrogen) atoms. The van der Waals surface area contributed by atoms with Gasteiger partial charge in [0.15, 0.2) is 0 Å². The third-order valence-corrected chi connectivity index (χ3v) is 3.54. The number of Topliss-reactive ketones (excluding diaryl/α,β-unsaturated/α-hetero) is 1. The van der Waals surface area contributed by atoms with Crippen LogP contribution in [0.3, 0.4) is 0 Å². The molecule has 76 valence electrons. The maximum absolute atomic E-state index is 11.4. The molecular weight excluding hydrogens is 268 g/mol. The first-order chi connectivity index (χ1) is 6.69. The fourth-order valence-electron chi connectivity index (χ4n) is 0.869. The maximum Gasteiger partial charge on any atom is 0.380 e. The van der Waals surface area contributed by atoms with Crippen molar-refractivity contribution in [3.63, 3.8) is 0 Å². The van der Waals surface area contributed by atoms with Crippen LogP contribution in [0.1, 0.15) is 21.5 Å². The zero-order valence-corrected chi connectivity index (χ0v) is 9.98. The molecule has 1 aromatic rings. The van der Waals surface area contributed by atoms with Crippen molar-refractivity contribution in [3.05, 3.63) is 21.9 Å². The molecular formula is C9H9BrO3S. The molecule has 0 atom stereocenters. The van der Waals surface area contributed by atoms with E-state index in [1.165, 1.54) is 11.3 Å². The van der Waals surface area contributed by atoms with E-state index in [1.54, 1.807) is 13.0 Å². The third kappa shape index (κ3) is 2.65. The lowest BCUT2D eigenvalue weighted by atomic mass is 10.3. The summed E-state index contributed by atoms with van der Waals surface area (Å²) in [5, 5.41) is 0.688. The predicted molar refractivity (Wildman–Crippen MR) is 57.9 cm³/mol. The molecule has 5 heteroatoms. The van der Waals surface area contributed by atoms with E-state index in [9.17, 15) is 9.59 Å². The molecule has 0 aromatic carbocycles. The predicted octanol–water partition coefficient (Wildman–Crippen LogP) is 2.39. The molecule has 0 saturated carbocycles. The number of thiophene rings is 1. The minimum atomic E-state index is -0.782. The Kier molecular flexibility index (Phi) is 4.28. The van der Waals surface area contributed by atoms with Gasteiger partial charge in [-0.25, -0.2) is 4.79 Å². The van der Waals surface area contributed by atoms with Crippen LogP contribution in [-0.4, -0.2) is 18.4 Å². The number of carbonyl (C=O) groups excluding carboxylic acids is 2. The van der Waals surface area contributed by atoms with Gasteiger partial charge in [0.25, 0.3) is 5.78 Å². The molecule has 0 N–H and O–H groups in total. The van der Waals surface area contributed by atoms with Gasteiger partial charge in [0.2, 0.25) is 0 Å². The summed E-state index contributed by atoms with van der Waals surface area (Å²) in [6, 6.07) is 3.45. The second-order valence-corrected chi connectivity index (χ2v) is 4.18. The summed E-state index contributed by atoms with van der Waals surface area (Å²) in [6.07, 6.45) is 0. The fraction of sp³-hybridized carbons (Fsp3) is 0.333. The SMILES string of the molecule is CCOC(=O)C(=O)c1ccc(CBr)s1. The number of ketones is 1. The molecule has 0 unspecified atom stereocenters. The van der Waals surface area contributed by atoms with Crippen LogP contribution in [-0.2, 0) is 14.9 Å². The number of hydrogen-bond donors (Lipinski definition) is 0. The first-order valence-corrected chi connectivity index (χ1v) is 5.99. The molecule has 0 saturated heterocycles. The molecule has 0 aliphatic rings. The highest BCUT2D eigenvalue weighted by Gasteiger charge is 2.18.